The average molecular weight is 300 g/mol. The molecule has 0 aliphatic carbocycles. The summed E-state index contributed by atoms with van der Waals surface area (Å²) in [5.41, 5.74) is 1.32. The third-order valence-electron chi connectivity index (χ3n) is 4.01. The highest BCUT2D eigenvalue weighted by Gasteiger charge is 2.14. The number of carboxylic acids is 1. The summed E-state index contributed by atoms with van der Waals surface area (Å²) in [5.74, 6) is 0.176. The fourth-order valence-corrected chi connectivity index (χ4v) is 2.67. The van der Waals surface area contributed by atoms with E-state index in [-0.39, 0.29) is 5.56 Å². The Morgan fingerprint density at radius 3 is 2.55 bits per heavy atom. The van der Waals surface area contributed by atoms with Crippen molar-refractivity contribution in [2.24, 2.45) is 7.05 Å². The van der Waals surface area contributed by atoms with Gasteiger partial charge in [-0.3, -0.25) is 0 Å². The van der Waals surface area contributed by atoms with Gasteiger partial charge >= 0.3 is 0 Å². The molecule has 0 aliphatic rings. The lowest BCUT2D eigenvalue weighted by Crippen LogP contribution is -2.32. The van der Waals surface area contributed by atoms with Gasteiger partial charge in [-0.05, 0) is 17.5 Å². The monoisotopic (exact) mass is 300 g/mol. The molecule has 0 bridgehead atoms. The maximum atomic E-state index is 10.8. The molecule has 1 aromatic heterocycles. The van der Waals surface area contributed by atoms with Crippen LogP contribution in [0.4, 0.5) is 0 Å². The number of carbonyl (C=O) groups excluding carboxylic acids is 1. The highest BCUT2D eigenvalue weighted by atomic mass is 16.4. The molecular formula is C18H24N2O2. The minimum Gasteiger partial charge on any atom is -0.545 e. The number of aromatic nitrogens is 2. The van der Waals surface area contributed by atoms with Crippen molar-refractivity contribution < 1.29 is 14.5 Å². The lowest BCUT2D eigenvalue weighted by atomic mass is 10.1. The Hall–Kier alpha value is -2.10. The quantitative estimate of drug-likeness (QED) is 0.552. The van der Waals surface area contributed by atoms with Crippen LogP contribution < -0.4 is 9.67 Å². The number of unbranched alkanes of at least 4 members (excludes halogenated alkanes) is 3. The Morgan fingerprint density at radius 2 is 1.91 bits per heavy atom. The molecule has 1 heterocycles. The number of nitrogens with zero attached hydrogens (tertiary/aromatic N) is 2. The average Bonchev–Trinajstić information content (AvgIpc) is 2.85. The molecule has 4 nitrogen and oxygen atoms in total. The van der Waals surface area contributed by atoms with Crippen LogP contribution in [-0.2, 0) is 20.0 Å². The van der Waals surface area contributed by atoms with E-state index in [1.807, 2.05) is 12.1 Å². The van der Waals surface area contributed by atoms with Gasteiger partial charge in [-0.15, -0.1) is 0 Å². The van der Waals surface area contributed by atoms with Crippen LogP contribution in [0, 0.1) is 0 Å². The maximum Gasteiger partial charge on any atom is 0.256 e. The van der Waals surface area contributed by atoms with Crippen molar-refractivity contribution in [3.8, 4) is 0 Å². The summed E-state index contributed by atoms with van der Waals surface area (Å²) in [4.78, 5) is 10.8. The Bertz CT molecular complexity index is 615. The van der Waals surface area contributed by atoms with Crippen molar-refractivity contribution in [2.75, 3.05) is 0 Å². The van der Waals surface area contributed by atoms with E-state index in [1.165, 1.54) is 31.5 Å². The van der Waals surface area contributed by atoms with E-state index in [2.05, 4.69) is 35.5 Å². The number of carboxylic acid groups (broad SMARTS) is 1. The maximum absolute atomic E-state index is 10.8. The van der Waals surface area contributed by atoms with Gasteiger partial charge in [0.05, 0.1) is 13.0 Å². The zero-order valence-electron chi connectivity index (χ0n) is 13.4. The van der Waals surface area contributed by atoms with Crippen LogP contribution in [0.15, 0.2) is 36.7 Å². The third-order valence-corrected chi connectivity index (χ3v) is 4.01. The normalized spacial score (nSPS) is 10.8. The first-order valence-corrected chi connectivity index (χ1v) is 7.95. The van der Waals surface area contributed by atoms with Crippen LogP contribution in [-0.4, -0.2) is 10.5 Å². The molecule has 0 N–H and O–H groups in total. The molecule has 0 amide bonds. The molecule has 4 heteroatoms. The zero-order chi connectivity index (χ0) is 15.9. The Labute approximate surface area is 132 Å². The number of hydrogen-bond acceptors (Lipinski definition) is 2. The van der Waals surface area contributed by atoms with E-state index in [4.69, 9.17) is 0 Å². The Morgan fingerprint density at radius 1 is 1.18 bits per heavy atom. The van der Waals surface area contributed by atoms with E-state index < -0.39 is 5.97 Å². The Kier molecular flexibility index (Phi) is 5.75. The minimum absolute atomic E-state index is 0.224. The molecule has 2 rings (SSSR count). The topological polar surface area (TPSA) is 48.9 Å². The number of aryl methyl sites for hydroxylation is 1. The molecule has 0 saturated heterocycles. The molecule has 0 spiro atoms. The van der Waals surface area contributed by atoms with Crippen LogP contribution >= 0.6 is 0 Å². The molecule has 0 aliphatic heterocycles. The van der Waals surface area contributed by atoms with Crippen LogP contribution in [0.5, 0.6) is 0 Å². The van der Waals surface area contributed by atoms with Gasteiger partial charge in [0, 0.05) is 6.42 Å². The second kappa shape index (κ2) is 7.78. The molecule has 2 aromatic rings. The predicted octanol–water partition coefficient (Wildman–Crippen LogP) is 1.85. The van der Waals surface area contributed by atoms with Gasteiger partial charge in [0.25, 0.3) is 5.82 Å². The van der Waals surface area contributed by atoms with Crippen LogP contribution in [0.25, 0.3) is 0 Å². The van der Waals surface area contributed by atoms with Gasteiger partial charge in [0.15, 0.2) is 0 Å². The highest BCUT2D eigenvalue weighted by molar-refractivity contribution is 5.85. The summed E-state index contributed by atoms with van der Waals surface area (Å²) >= 11 is 0. The standard InChI is InChI=1S/C18H24N2O2/c1-3-4-5-6-7-17-19(2)12-13-20(17)14-15-8-10-16(11-9-15)18(21)22/h8-13H,3-7,14H2,1-2H3. The zero-order valence-corrected chi connectivity index (χ0v) is 13.4. The predicted molar refractivity (Wildman–Crippen MR) is 83.3 cm³/mol. The third kappa shape index (κ3) is 4.20. The van der Waals surface area contributed by atoms with Gasteiger partial charge in [-0.25, -0.2) is 9.13 Å². The smallest absolute Gasteiger partial charge is 0.256 e. The van der Waals surface area contributed by atoms with Crippen LogP contribution in [0.3, 0.4) is 0 Å². The van der Waals surface area contributed by atoms with E-state index >= 15 is 0 Å². The second-order valence-electron chi connectivity index (χ2n) is 5.75. The number of aromatic carboxylic acids is 1. The first-order valence-electron chi connectivity index (χ1n) is 7.95. The number of carbonyl (C=O) groups is 1. The van der Waals surface area contributed by atoms with E-state index in [9.17, 15) is 9.90 Å². The summed E-state index contributed by atoms with van der Waals surface area (Å²) in [6.07, 6.45) is 10.2. The molecule has 118 valence electrons. The van der Waals surface area contributed by atoms with Crippen molar-refractivity contribution in [1.82, 2.24) is 4.57 Å². The van der Waals surface area contributed by atoms with Gasteiger partial charge in [-0.1, -0.05) is 50.5 Å². The molecular weight excluding hydrogens is 276 g/mol. The number of hydrogen-bond donors (Lipinski definition) is 0. The fraction of sp³-hybridized carbons (Fsp3) is 0.444. The van der Waals surface area contributed by atoms with Gasteiger partial charge < -0.3 is 9.90 Å². The first-order chi connectivity index (χ1) is 10.6. The second-order valence-corrected chi connectivity index (χ2v) is 5.75. The van der Waals surface area contributed by atoms with E-state index in [1.54, 1.807) is 12.1 Å². The van der Waals surface area contributed by atoms with Crippen molar-refractivity contribution in [2.45, 2.75) is 45.6 Å². The van der Waals surface area contributed by atoms with Crippen LogP contribution in [0.2, 0.25) is 0 Å². The summed E-state index contributed by atoms with van der Waals surface area (Å²) < 4.78 is 4.40. The summed E-state index contributed by atoms with van der Waals surface area (Å²) in [5, 5.41) is 10.8. The van der Waals surface area contributed by atoms with Crippen molar-refractivity contribution in [1.29, 1.82) is 0 Å². The Balaban J connectivity index is 2.04. The number of rotatable bonds is 8. The largest absolute Gasteiger partial charge is 0.545 e. The van der Waals surface area contributed by atoms with Crippen molar-refractivity contribution in [3.05, 3.63) is 53.6 Å². The van der Waals surface area contributed by atoms with Crippen LogP contribution in [0.1, 0.15) is 54.4 Å². The molecule has 1 aromatic carbocycles. The van der Waals surface area contributed by atoms with Gasteiger partial charge in [-0.2, -0.15) is 0 Å². The van der Waals surface area contributed by atoms with E-state index in [0.717, 1.165) is 18.5 Å². The van der Waals surface area contributed by atoms with Crippen molar-refractivity contribution in [3.63, 3.8) is 0 Å². The molecule has 0 fully saturated rings. The lowest BCUT2D eigenvalue weighted by Gasteiger charge is -2.06. The van der Waals surface area contributed by atoms with Gasteiger partial charge in [0.2, 0.25) is 0 Å². The number of imidazole rings is 1. The summed E-state index contributed by atoms with van der Waals surface area (Å²) in [7, 11) is 2.07. The minimum atomic E-state index is -1.13. The fourth-order valence-electron chi connectivity index (χ4n) is 2.67. The molecule has 0 saturated carbocycles. The number of benzene rings is 1. The molecule has 0 radical (unpaired) electrons. The SMILES string of the molecule is CCCCCCc1n(Cc2ccc(C(=O)[O-])cc2)cc[n+]1C. The lowest BCUT2D eigenvalue weighted by molar-refractivity contribution is -0.678. The van der Waals surface area contributed by atoms with Gasteiger partial charge in [0.1, 0.15) is 18.9 Å². The molecule has 0 unspecified atom stereocenters. The summed E-state index contributed by atoms with van der Waals surface area (Å²) in [6, 6.07) is 6.92. The highest BCUT2D eigenvalue weighted by Crippen LogP contribution is 2.10. The first kappa shape index (κ1) is 16.3. The molecule has 22 heavy (non-hydrogen) atoms. The van der Waals surface area contributed by atoms with E-state index in [0.29, 0.717) is 0 Å². The summed E-state index contributed by atoms with van der Waals surface area (Å²) in [6.45, 7) is 2.98. The molecule has 0 atom stereocenters. The van der Waals surface area contributed by atoms with Crippen molar-refractivity contribution >= 4 is 5.97 Å².